The number of nitrogen functional groups attached to an aromatic ring is 1. The third-order valence-electron chi connectivity index (χ3n) is 3.85. The van der Waals surface area contributed by atoms with Gasteiger partial charge in [-0.05, 0) is 48.8 Å². The minimum atomic E-state index is 1.01. The highest BCUT2D eigenvalue weighted by Gasteiger charge is 2.20. The van der Waals surface area contributed by atoms with Gasteiger partial charge in [0.2, 0.25) is 0 Å². The van der Waals surface area contributed by atoms with Crippen LogP contribution in [0.4, 0.5) is 5.00 Å². The van der Waals surface area contributed by atoms with Gasteiger partial charge in [-0.3, -0.25) is 0 Å². The van der Waals surface area contributed by atoms with Gasteiger partial charge in [-0.1, -0.05) is 31.2 Å². The summed E-state index contributed by atoms with van der Waals surface area (Å²) in [6, 6.07) is 8.90. The number of benzene rings is 1. The van der Waals surface area contributed by atoms with Gasteiger partial charge >= 0.3 is 0 Å². The van der Waals surface area contributed by atoms with E-state index in [4.69, 9.17) is 5.73 Å². The van der Waals surface area contributed by atoms with Crippen molar-refractivity contribution in [2.75, 3.05) is 5.73 Å². The second-order valence-electron chi connectivity index (χ2n) is 5.00. The molecule has 94 valence electrons. The summed E-state index contributed by atoms with van der Waals surface area (Å²) < 4.78 is 0. The first kappa shape index (κ1) is 11.8. The molecule has 18 heavy (non-hydrogen) atoms. The normalized spacial score (nSPS) is 14.5. The molecule has 1 aromatic heterocycles. The maximum absolute atomic E-state index is 6.24. The predicted octanol–water partition coefficient (Wildman–Crippen LogP) is 4.44. The Balaban J connectivity index is 2.07. The number of rotatable bonds is 2. The molecule has 0 saturated heterocycles. The molecule has 1 heterocycles. The second-order valence-corrected chi connectivity index (χ2v) is 6.14. The number of hydrogen-bond donors (Lipinski definition) is 1. The van der Waals surface area contributed by atoms with Crippen LogP contribution in [-0.2, 0) is 19.3 Å². The molecule has 2 aromatic rings. The molecule has 0 fully saturated rings. The second kappa shape index (κ2) is 4.77. The predicted molar refractivity (Wildman–Crippen MR) is 80.2 cm³/mol. The van der Waals surface area contributed by atoms with E-state index in [0.717, 1.165) is 11.4 Å². The van der Waals surface area contributed by atoms with Crippen LogP contribution in [-0.4, -0.2) is 0 Å². The topological polar surface area (TPSA) is 26.0 Å². The molecule has 0 bridgehead atoms. The van der Waals surface area contributed by atoms with Crippen molar-refractivity contribution in [2.24, 2.45) is 0 Å². The Labute approximate surface area is 113 Å². The Morgan fingerprint density at radius 1 is 1.11 bits per heavy atom. The summed E-state index contributed by atoms with van der Waals surface area (Å²) in [5.74, 6) is 0. The highest BCUT2D eigenvalue weighted by atomic mass is 32.1. The molecule has 0 spiro atoms. The molecule has 0 unspecified atom stereocenters. The fourth-order valence-corrected chi connectivity index (χ4v) is 3.99. The van der Waals surface area contributed by atoms with Crippen molar-refractivity contribution in [1.82, 2.24) is 0 Å². The van der Waals surface area contributed by atoms with Gasteiger partial charge in [0.05, 0.1) is 5.00 Å². The number of aryl methyl sites for hydroxylation is 2. The van der Waals surface area contributed by atoms with Crippen LogP contribution in [0.5, 0.6) is 0 Å². The molecule has 3 rings (SSSR count). The molecule has 0 amide bonds. The maximum Gasteiger partial charge on any atom is 0.0941 e. The smallest absolute Gasteiger partial charge is 0.0941 e. The zero-order valence-corrected chi connectivity index (χ0v) is 11.6. The van der Waals surface area contributed by atoms with E-state index >= 15 is 0 Å². The SMILES string of the molecule is CCc1ccc(-c2c(N)sc3c2CCCC3)cc1. The Hall–Kier alpha value is -1.28. The maximum atomic E-state index is 6.24. The molecule has 1 nitrogen and oxygen atoms in total. The molecule has 1 aromatic carbocycles. The van der Waals surface area contributed by atoms with Crippen LogP contribution in [0, 0.1) is 0 Å². The summed E-state index contributed by atoms with van der Waals surface area (Å²) in [5.41, 5.74) is 11.8. The fraction of sp³-hybridized carbons (Fsp3) is 0.375. The summed E-state index contributed by atoms with van der Waals surface area (Å²) >= 11 is 1.80. The van der Waals surface area contributed by atoms with Gasteiger partial charge in [-0.15, -0.1) is 11.3 Å². The molecule has 0 radical (unpaired) electrons. The van der Waals surface area contributed by atoms with Crippen LogP contribution >= 0.6 is 11.3 Å². The lowest BCUT2D eigenvalue weighted by atomic mass is 9.92. The standard InChI is InChI=1S/C16H19NS/c1-2-11-7-9-12(10-8-11)15-13-5-3-4-6-14(13)18-16(15)17/h7-10H,2-6,17H2,1H3. The van der Waals surface area contributed by atoms with Crippen LogP contribution < -0.4 is 5.73 Å². The summed E-state index contributed by atoms with van der Waals surface area (Å²) in [6.07, 6.45) is 6.15. The minimum absolute atomic E-state index is 1.01. The molecule has 0 saturated carbocycles. The molecule has 0 aliphatic heterocycles. The van der Waals surface area contributed by atoms with Crippen LogP contribution in [0.2, 0.25) is 0 Å². The van der Waals surface area contributed by atoms with E-state index in [1.807, 2.05) is 0 Å². The molecular weight excluding hydrogens is 238 g/mol. The first-order chi connectivity index (χ1) is 8.79. The molecule has 1 aliphatic rings. The van der Waals surface area contributed by atoms with Crippen LogP contribution in [0.15, 0.2) is 24.3 Å². The molecule has 0 atom stereocenters. The van der Waals surface area contributed by atoms with Crippen molar-refractivity contribution in [1.29, 1.82) is 0 Å². The Kier molecular flexibility index (Phi) is 3.13. The van der Waals surface area contributed by atoms with Crippen molar-refractivity contribution >= 4 is 16.3 Å². The van der Waals surface area contributed by atoms with Crippen LogP contribution in [0.3, 0.4) is 0 Å². The number of thiophene rings is 1. The fourth-order valence-electron chi connectivity index (χ4n) is 2.81. The summed E-state index contributed by atoms with van der Waals surface area (Å²) in [7, 11) is 0. The molecule has 2 N–H and O–H groups in total. The van der Waals surface area contributed by atoms with E-state index in [0.29, 0.717) is 0 Å². The summed E-state index contributed by atoms with van der Waals surface area (Å²) in [4.78, 5) is 1.52. The van der Waals surface area contributed by atoms with Crippen LogP contribution in [0.25, 0.3) is 11.1 Å². The average molecular weight is 257 g/mol. The third kappa shape index (κ3) is 1.95. The lowest BCUT2D eigenvalue weighted by molar-refractivity contribution is 0.698. The first-order valence-electron chi connectivity index (χ1n) is 6.79. The van der Waals surface area contributed by atoms with E-state index < -0.39 is 0 Å². The van der Waals surface area contributed by atoms with Crippen molar-refractivity contribution in [2.45, 2.75) is 39.0 Å². The van der Waals surface area contributed by atoms with Gasteiger partial charge < -0.3 is 5.73 Å². The molecule has 1 aliphatic carbocycles. The number of hydrogen-bond acceptors (Lipinski definition) is 2. The van der Waals surface area contributed by atoms with Crippen LogP contribution in [0.1, 0.15) is 35.8 Å². The number of fused-ring (bicyclic) bond motifs is 1. The Bertz CT molecular complexity index is 551. The Morgan fingerprint density at radius 3 is 2.56 bits per heavy atom. The van der Waals surface area contributed by atoms with Gasteiger partial charge in [0, 0.05) is 10.4 Å². The van der Waals surface area contributed by atoms with Crippen molar-refractivity contribution < 1.29 is 0 Å². The number of nitrogens with two attached hydrogens (primary N) is 1. The summed E-state index contributed by atoms with van der Waals surface area (Å²) in [5, 5.41) is 1.01. The van der Waals surface area contributed by atoms with Gasteiger partial charge in [-0.25, -0.2) is 0 Å². The van der Waals surface area contributed by atoms with Gasteiger partial charge in [-0.2, -0.15) is 0 Å². The van der Waals surface area contributed by atoms with Crippen molar-refractivity contribution in [3.05, 3.63) is 40.3 Å². The summed E-state index contributed by atoms with van der Waals surface area (Å²) in [6.45, 7) is 2.19. The van der Waals surface area contributed by atoms with Gasteiger partial charge in [0.25, 0.3) is 0 Å². The Morgan fingerprint density at radius 2 is 1.83 bits per heavy atom. The highest BCUT2D eigenvalue weighted by molar-refractivity contribution is 7.16. The zero-order valence-electron chi connectivity index (χ0n) is 10.8. The quantitative estimate of drug-likeness (QED) is 0.845. The largest absolute Gasteiger partial charge is 0.390 e. The lowest BCUT2D eigenvalue weighted by Crippen LogP contribution is -1.99. The molecule has 2 heteroatoms. The van der Waals surface area contributed by atoms with E-state index in [2.05, 4.69) is 31.2 Å². The average Bonchev–Trinajstić information content (AvgIpc) is 2.75. The van der Waals surface area contributed by atoms with Gasteiger partial charge in [0.15, 0.2) is 0 Å². The highest BCUT2D eigenvalue weighted by Crippen LogP contribution is 2.42. The zero-order chi connectivity index (χ0) is 12.5. The van der Waals surface area contributed by atoms with E-state index in [9.17, 15) is 0 Å². The van der Waals surface area contributed by atoms with E-state index in [-0.39, 0.29) is 0 Å². The van der Waals surface area contributed by atoms with Crippen molar-refractivity contribution in [3.63, 3.8) is 0 Å². The van der Waals surface area contributed by atoms with E-state index in [1.165, 1.54) is 52.8 Å². The van der Waals surface area contributed by atoms with E-state index in [1.54, 1.807) is 11.3 Å². The van der Waals surface area contributed by atoms with Gasteiger partial charge in [0.1, 0.15) is 0 Å². The lowest BCUT2D eigenvalue weighted by Gasteiger charge is -2.13. The third-order valence-corrected chi connectivity index (χ3v) is 4.97. The number of anilines is 1. The van der Waals surface area contributed by atoms with Crippen molar-refractivity contribution in [3.8, 4) is 11.1 Å². The first-order valence-corrected chi connectivity index (χ1v) is 7.60. The minimum Gasteiger partial charge on any atom is -0.390 e. The molecular formula is C16H19NS. The monoisotopic (exact) mass is 257 g/mol.